The van der Waals surface area contributed by atoms with Crippen molar-refractivity contribution in [1.29, 1.82) is 0 Å². The molecule has 1 atom stereocenters. The number of halogens is 1. The molecule has 0 heterocycles. The molecule has 72 valence electrons. The molecule has 0 amide bonds. The predicted molar refractivity (Wildman–Crippen MR) is 56.5 cm³/mol. The van der Waals surface area contributed by atoms with Gasteiger partial charge in [0.05, 0.1) is 6.61 Å². The van der Waals surface area contributed by atoms with Gasteiger partial charge in [-0.25, -0.2) is 0 Å². The lowest BCUT2D eigenvalue weighted by atomic mass is 10.00. The maximum Gasteiger partial charge on any atom is 0.0528 e. The van der Waals surface area contributed by atoms with Crippen molar-refractivity contribution in [3.05, 3.63) is 34.3 Å². The SMILES string of the molecule is COCC(C)c1cccc(C)c1Cl. The lowest BCUT2D eigenvalue weighted by Crippen LogP contribution is -2.02. The Morgan fingerprint density at radius 1 is 1.46 bits per heavy atom. The highest BCUT2D eigenvalue weighted by Crippen LogP contribution is 2.27. The second-order valence-electron chi connectivity index (χ2n) is 3.33. The molecule has 13 heavy (non-hydrogen) atoms. The van der Waals surface area contributed by atoms with Crippen LogP contribution in [0.15, 0.2) is 18.2 Å². The van der Waals surface area contributed by atoms with E-state index in [1.54, 1.807) is 7.11 Å². The minimum atomic E-state index is 0.359. The van der Waals surface area contributed by atoms with Gasteiger partial charge in [0.25, 0.3) is 0 Å². The van der Waals surface area contributed by atoms with Gasteiger partial charge in [-0.05, 0) is 18.1 Å². The summed E-state index contributed by atoms with van der Waals surface area (Å²) < 4.78 is 5.09. The normalized spacial score (nSPS) is 12.9. The van der Waals surface area contributed by atoms with Crippen LogP contribution in [0.25, 0.3) is 0 Å². The largest absolute Gasteiger partial charge is 0.384 e. The van der Waals surface area contributed by atoms with E-state index < -0.39 is 0 Å². The highest BCUT2D eigenvalue weighted by Gasteiger charge is 2.09. The van der Waals surface area contributed by atoms with Gasteiger partial charge in [-0.2, -0.15) is 0 Å². The van der Waals surface area contributed by atoms with Gasteiger partial charge in [0.1, 0.15) is 0 Å². The minimum Gasteiger partial charge on any atom is -0.384 e. The van der Waals surface area contributed by atoms with Gasteiger partial charge in [0.2, 0.25) is 0 Å². The molecule has 2 heteroatoms. The molecule has 0 aromatic heterocycles. The van der Waals surface area contributed by atoms with Crippen LogP contribution in [0.2, 0.25) is 5.02 Å². The first kappa shape index (κ1) is 10.6. The van der Waals surface area contributed by atoms with Crippen molar-refractivity contribution in [3.8, 4) is 0 Å². The summed E-state index contributed by atoms with van der Waals surface area (Å²) in [5, 5.41) is 0.868. The van der Waals surface area contributed by atoms with Crippen molar-refractivity contribution in [1.82, 2.24) is 0 Å². The standard InChI is InChI=1S/C11H15ClO/c1-8-5-4-6-10(11(8)12)9(2)7-13-3/h4-6,9H,7H2,1-3H3. The summed E-state index contributed by atoms with van der Waals surface area (Å²) in [6.45, 7) is 4.85. The molecule has 0 aliphatic carbocycles. The quantitative estimate of drug-likeness (QED) is 0.724. The maximum absolute atomic E-state index is 6.17. The molecule has 0 spiro atoms. The lowest BCUT2D eigenvalue weighted by Gasteiger charge is -2.13. The van der Waals surface area contributed by atoms with Crippen molar-refractivity contribution >= 4 is 11.6 Å². The Kier molecular flexibility index (Phi) is 3.76. The molecular formula is C11H15ClO. The van der Waals surface area contributed by atoms with Gasteiger partial charge in [-0.1, -0.05) is 36.7 Å². The van der Waals surface area contributed by atoms with Gasteiger partial charge >= 0.3 is 0 Å². The second kappa shape index (κ2) is 4.64. The maximum atomic E-state index is 6.17. The number of aryl methyl sites for hydroxylation is 1. The lowest BCUT2D eigenvalue weighted by molar-refractivity contribution is 0.184. The first-order valence-corrected chi connectivity index (χ1v) is 4.78. The summed E-state index contributed by atoms with van der Waals surface area (Å²) in [4.78, 5) is 0. The van der Waals surface area contributed by atoms with E-state index in [0.29, 0.717) is 12.5 Å². The van der Waals surface area contributed by atoms with Crippen LogP contribution in [0.5, 0.6) is 0 Å². The Bertz CT molecular complexity index is 283. The van der Waals surface area contributed by atoms with Gasteiger partial charge in [-0.3, -0.25) is 0 Å². The van der Waals surface area contributed by atoms with Crippen molar-refractivity contribution in [2.45, 2.75) is 19.8 Å². The zero-order valence-electron chi connectivity index (χ0n) is 8.30. The van der Waals surface area contributed by atoms with Crippen LogP contribution in [0.1, 0.15) is 24.0 Å². The van der Waals surface area contributed by atoms with E-state index in [1.807, 2.05) is 19.1 Å². The third kappa shape index (κ3) is 2.45. The Morgan fingerprint density at radius 3 is 2.77 bits per heavy atom. The third-order valence-electron chi connectivity index (χ3n) is 2.17. The van der Waals surface area contributed by atoms with Crippen molar-refractivity contribution in [2.24, 2.45) is 0 Å². The fraction of sp³-hybridized carbons (Fsp3) is 0.455. The van der Waals surface area contributed by atoms with Gasteiger partial charge in [0.15, 0.2) is 0 Å². The van der Waals surface area contributed by atoms with Crippen LogP contribution in [0.4, 0.5) is 0 Å². The first-order chi connectivity index (χ1) is 6.16. The molecule has 0 saturated heterocycles. The molecule has 1 aromatic carbocycles. The molecular weight excluding hydrogens is 184 g/mol. The number of rotatable bonds is 3. The Morgan fingerprint density at radius 2 is 2.15 bits per heavy atom. The molecule has 1 unspecified atom stereocenters. The van der Waals surface area contributed by atoms with Crippen molar-refractivity contribution in [3.63, 3.8) is 0 Å². The van der Waals surface area contributed by atoms with Crippen molar-refractivity contribution < 1.29 is 4.74 Å². The smallest absolute Gasteiger partial charge is 0.0528 e. The van der Waals surface area contributed by atoms with Gasteiger partial charge in [-0.15, -0.1) is 0 Å². The number of ether oxygens (including phenoxy) is 1. The van der Waals surface area contributed by atoms with E-state index in [-0.39, 0.29) is 0 Å². The van der Waals surface area contributed by atoms with E-state index in [4.69, 9.17) is 16.3 Å². The molecule has 1 aromatic rings. The summed E-state index contributed by atoms with van der Waals surface area (Å²) in [5.74, 6) is 0.359. The monoisotopic (exact) mass is 198 g/mol. The third-order valence-corrected chi connectivity index (χ3v) is 2.69. The van der Waals surface area contributed by atoms with Crippen LogP contribution < -0.4 is 0 Å². The van der Waals surface area contributed by atoms with Crippen LogP contribution in [0, 0.1) is 6.92 Å². The summed E-state index contributed by atoms with van der Waals surface area (Å²) in [6.07, 6.45) is 0. The minimum absolute atomic E-state index is 0.359. The molecule has 0 fully saturated rings. The van der Waals surface area contributed by atoms with Crippen LogP contribution in [-0.4, -0.2) is 13.7 Å². The average Bonchev–Trinajstić information content (AvgIpc) is 2.10. The fourth-order valence-corrected chi connectivity index (χ4v) is 1.70. The number of hydrogen-bond donors (Lipinski definition) is 0. The summed E-state index contributed by atoms with van der Waals surface area (Å²) in [6, 6.07) is 6.10. The van der Waals surface area contributed by atoms with E-state index in [1.165, 1.54) is 5.56 Å². The molecule has 0 radical (unpaired) electrons. The summed E-state index contributed by atoms with van der Waals surface area (Å²) >= 11 is 6.17. The highest BCUT2D eigenvalue weighted by atomic mass is 35.5. The fourth-order valence-electron chi connectivity index (χ4n) is 1.39. The highest BCUT2D eigenvalue weighted by molar-refractivity contribution is 6.32. The molecule has 1 rings (SSSR count). The van der Waals surface area contributed by atoms with Crippen LogP contribution in [-0.2, 0) is 4.74 Å². The number of benzene rings is 1. The molecule has 0 aliphatic rings. The Hall–Kier alpha value is -0.530. The van der Waals surface area contributed by atoms with Gasteiger partial charge in [0, 0.05) is 18.1 Å². The molecule has 0 bridgehead atoms. The van der Waals surface area contributed by atoms with E-state index in [2.05, 4.69) is 13.0 Å². The molecule has 0 N–H and O–H groups in total. The van der Waals surface area contributed by atoms with E-state index >= 15 is 0 Å². The number of hydrogen-bond acceptors (Lipinski definition) is 1. The van der Waals surface area contributed by atoms with Crippen LogP contribution in [0.3, 0.4) is 0 Å². The van der Waals surface area contributed by atoms with Gasteiger partial charge < -0.3 is 4.74 Å². The zero-order chi connectivity index (χ0) is 9.84. The zero-order valence-corrected chi connectivity index (χ0v) is 9.06. The topological polar surface area (TPSA) is 9.23 Å². The van der Waals surface area contributed by atoms with Crippen molar-refractivity contribution in [2.75, 3.05) is 13.7 Å². The Labute approximate surface area is 84.7 Å². The van der Waals surface area contributed by atoms with E-state index in [9.17, 15) is 0 Å². The molecule has 0 aliphatic heterocycles. The Balaban J connectivity index is 2.93. The summed E-state index contributed by atoms with van der Waals surface area (Å²) in [7, 11) is 1.71. The summed E-state index contributed by atoms with van der Waals surface area (Å²) in [5.41, 5.74) is 2.30. The van der Waals surface area contributed by atoms with E-state index in [0.717, 1.165) is 10.6 Å². The molecule has 0 saturated carbocycles. The number of methoxy groups -OCH3 is 1. The molecule has 1 nitrogen and oxygen atoms in total. The van der Waals surface area contributed by atoms with Crippen LogP contribution >= 0.6 is 11.6 Å². The first-order valence-electron chi connectivity index (χ1n) is 4.40. The predicted octanol–water partition coefficient (Wildman–Crippen LogP) is 3.40. The second-order valence-corrected chi connectivity index (χ2v) is 3.71. The average molecular weight is 199 g/mol.